The van der Waals surface area contributed by atoms with E-state index >= 15 is 0 Å². The van der Waals surface area contributed by atoms with Crippen LogP contribution in [0.15, 0.2) is 24.3 Å². The average Bonchev–Trinajstić information content (AvgIpc) is 2.41. The van der Waals surface area contributed by atoms with Crippen molar-refractivity contribution in [2.75, 3.05) is 18.8 Å². The van der Waals surface area contributed by atoms with Crippen LogP contribution in [0.25, 0.3) is 0 Å². The van der Waals surface area contributed by atoms with Crippen LogP contribution in [0.5, 0.6) is 0 Å². The zero-order valence-corrected chi connectivity index (χ0v) is 11.0. The highest BCUT2D eigenvalue weighted by Gasteiger charge is 2.14. The van der Waals surface area contributed by atoms with Crippen molar-refractivity contribution in [2.45, 2.75) is 25.2 Å². The van der Waals surface area contributed by atoms with E-state index < -0.39 is 0 Å². The molecule has 90 valence electrons. The molecule has 0 bridgehead atoms. The summed E-state index contributed by atoms with van der Waals surface area (Å²) in [4.78, 5) is 0. The first kappa shape index (κ1) is 12.5. The van der Waals surface area contributed by atoms with E-state index in [2.05, 4.69) is 54.1 Å². The highest BCUT2D eigenvalue weighted by molar-refractivity contribution is 7.80. The molecule has 1 saturated heterocycles. The van der Waals surface area contributed by atoms with Crippen molar-refractivity contribution in [1.29, 1.82) is 0 Å². The molecule has 0 radical (unpaired) electrons. The summed E-state index contributed by atoms with van der Waals surface area (Å²) in [6.45, 7) is 2.29. The lowest BCUT2D eigenvalue weighted by Gasteiger charge is -2.22. The van der Waals surface area contributed by atoms with Gasteiger partial charge in [-0.25, -0.2) is 0 Å². The first-order valence-corrected chi connectivity index (χ1v) is 6.94. The van der Waals surface area contributed by atoms with Crippen LogP contribution in [0, 0.1) is 11.8 Å². The van der Waals surface area contributed by atoms with E-state index in [1.807, 2.05) is 0 Å². The largest absolute Gasteiger partial charge is 0.317 e. The third kappa shape index (κ3) is 3.80. The zero-order valence-electron chi connectivity index (χ0n) is 10.1. The molecule has 17 heavy (non-hydrogen) atoms. The van der Waals surface area contributed by atoms with Gasteiger partial charge in [0.15, 0.2) is 0 Å². The Hall–Kier alpha value is -0.910. The molecule has 0 amide bonds. The molecule has 1 fully saturated rings. The molecular formula is C15H19NS. The molecule has 0 aliphatic carbocycles. The smallest absolute Gasteiger partial charge is 0.0245 e. The summed E-state index contributed by atoms with van der Waals surface area (Å²) in [5.41, 5.74) is 2.58. The Morgan fingerprint density at radius 3 is 2.53 bits per heavy atom. The molecule has 1 nitrogen and oxygen atoms in total. The van der Waals surface area contributed by atoms with Crippen molar-refractivity contribution in [3.05, 3.63) is 35.4 Å². The van der Waals surface area contributed by atoms with Gasteiger partial charge in [0.1, 0.15) is 0 Å². The van der Waals surface area contributed by atoms with Crippen molar-refractivity contribution in [3.63, 3.8) is 0 Å². The van der Waals surface area contributed by atoms with Crippen LogP contribution >= 0.6 is 12.6 Å². The standard InChI is InChI=1S/C15H19NS/c17-12-2-1-3-13-4-6-14(7-5-13)15-8-10-16-11-9-15/h4-7,15-17H,2,8-12H2. The zero-order chi connectivity index (χ0) is 11.9. The third-order valence-corrected chi connectivity index (χ3v) is 3.41. The summed E-state index contributed by atoms with van der Waals surface area (Å²) < 4.78 is 0. The minimum atomic E-state index is 0.732. The first-order valence-electron chi connectivity index (χ1n) is 6.30. The quantitative estimate of drug-likeness (QED) is 0.603. The number of hydrogen-bond donors (Lipinski definition) is 2. The van der Waals surface area contributed by atoms with Crippen LogP contribution in [0.1, 0.15) is 36.3 Å². The third-order valence-electron chi connectivity index (χ3n) is 3.19. The Labute approximate surface area is 109 Å². The molecular weight excluding hydrogens is 226 g/mol. The molecule has 0 unspecified atom stereocenters. The molecule has 0 atom stereocenters. The molecule has 1 aliphatic rings. The second-order valence-corrected chi connectivity index (χ2v) is 4.87. The second kappa shape index (κ2) is 6.74. The van der Waals surface area contributed by atoms with Crippen molar-refractivity contribution in [3.8, 4) is 11.8 Å². The van der Waals surface area contributed by atoms with Gasteiger partial charge in [0.05, 0.1) is 0 Å². The van der Waals surface area contributed by atoms with Crippen LogP contribution < -0.4 is 5.32 Å². The molecule has 1 aromatic rings. The fourth-order valence-electron chi connectivity index (χ4n) is 2.21. The summed E-state index contributed by atoms with van der Waals surface area (Å²) in [5, 5.41) is 3.40. The van der Waals surface area contributed by atoms with Crippen LogP contribution in [0.2, 0.25) is 0 Å². The fraction of sp³-hybridized carbons (Fsp3) is 0.467. The molecule has 1 N–H and O–H groups in total. The van der Waals surface area contributed by atoms with Crippen LogP contribution in [0.4, 0.5) is 0 Å². The van der Waals surface area contributed by atoms with Gasteiger partial charge in [-0.15, -0.1) is 0 Å². The van der Waals surface area contributed by atoms with Gasteiger partial charge in [-0.05, 0) is 49.5 Å². The lowest BCUT2D eigenvalue weighted by molar-refractivity contribution is 0.460. The maximum atomic E-state index is 4.14. The predicted octanol–water partition coefficient (Wildman–Crippen LogP) is 2.83. The Bertz CT molecular complexity index is 393. The van der Waals surface area contributed by atoms with Gasteiger partial charge in [0.2, 0.25) is 0 Å². The minimum Gasteiger partial charge on any atom is -0.317 e. The number of rotatable bonds is 2. The molecule has 0 saturated carbocycles. The van der Waals surface area contributed by atoms with Gasteiger partial charge >= 0.3 is 0 Å². The molecule has 0 aromatic heterocycles. The maximum absolute atomic E-state index is 4.14. The van der Waals surface area contributed by atoms with Gasteiger partial charge < -0.3 is 5.32 Å². The highest BCUT2D eigenvalue weighted by atomic mass is 32.1. The SMILES string of the molecule is SCCC#Cc1ccc(C2CCNCC2)cc1. The van der Waals surface area contributed by atoms with Gasteiger partial charge in [-0.3, -0.25) is 0 Å². The predicted molar refractivity (Wildman–Crippen MR) is 76.6 cm³/mol. The van der Waals surface area contributed by atoms with Gasteiger partial charge in [0.25, 0.3) is 0 Å². The van der Waals surface area contributed by atoms with Gasteiger partial charge in [0, 0.05) is 17.7 Å². The molecule has 2 rings (SSSR count). The van der Waals surface area contributed by atoms with E-state index in [1.165, 1.54) is 18.4 Å². The van der Waals surface area contributed by atoms with Gasteiger partial charge in [-0.2, -0.15) is 12.6 Å². The molecule has 2 heteroatoms. The first-order chi connectivity index (χ1) is 8.40. The summed E-state index contributed by atoms with van der Waals surface area (Å²) >= 11 is 4.14. The normalized spacial score (nSPS) is 16.3. The topological polar surface area (TPSA) is 12.0 Å². The van der Waals surface area contributed by atoms with Crippen LogP contribution in [-0.4, -0.2) is 18.8 Å². The Balaban J connectivity index is 2.00. The number of hydrogen-bond acceptors (Lipinski definition) is 2. The number of piperidine rings is 1. The fourth-order valence-corrected chi connectivity index (χ4v) is 2.33. The summed E-state index contributed by atoms with van der Waals surface area (Å²) in [5.74, 6) is 7.84. The molecule has 1 heterocycles. The van der Waals surface area contributed by atoms with Crippen LogP contribution in [-0.2, 0) is 0 Å². The number of thiol groups is 1. The van der Waals surface area contributed by atoms with E-state index in [-0.39, 0.29) is 0 Å². The summed E-state index contributed by atoms with van der Waals surface area (Å²) in [7, 11) is 0. The Morgan fingerprint density at radius 1 is 1.18 bits per heavy atom. The van der Waals surface area contributed by atoms with E-state index in [1.54, 1.807) is 0 Å². The average molecular weight is 245 g/mol. The van der Waals surface area contributed by atoms with Crippen molar-refractivity contribution in [2.24, 2.45) is 0 Å². The van der Waals surface area contributed by atoms with E-state index in [9.17, 15) is 0 Å². The minimum absolute atomic E-state index is 0.732. The van der Waals surface area contributed by atoms with Gasteiger partial charge in [-0.1, -0.05) is 24.0 Å². The Morgan fingerprint density at radius 2 is 1.88 bits per heavy atom. The van der Waals surface area contributed by atoms with Crippen molar-refractivity contribution >= 4 is 12.6 Å². The van der Waals surface area contributed by atoms with E-state index in [4.69, 9.17) is 0 Å². The number of benzene rings is 1. The van der Waals surface area contributed by atoms with E-state index in [0.29, 0.717) is 0 Å². The van der Waals surface area contributed by atoms with Crippen molar-refractivity contribution in [1.82, 2.24) is 5.32 Å². The summed E-state index contributed by atoms with van der Waals surface area (Å²) in [6.07, 6.45) is 3.37. The highest BCUT2D eigenvalue weighted by Crippen LogP contribution is 2.24. The molecule has 1 aromatic carbocycles. The second-order valence-electron chi connectivity index (χ2n) is 4.42. The molecule has 0 spiro atoms. The lowest BCUT2D eigenvalue weighted by Crippen LogP contribution is -2.26. The maximum Gasteiger partial charge on any atom is 0.0245 e. The monoisotopic (exact) mass is 245 g/mol. The van der Waals surface area contributed by atoms with E-state index in [0.717, 1.165) is 36.7 Å². The van der Waals surface area contributed by atoms with Crippen LogP contribution in [0.3, 0.4) is 0 Å². The van der Waals surface area contributed by atoms with Crippen molar-refractivity contribution < 1.29 is 0 Å². The number of nitrogens with one attached hydrogen (secondary N) is 1. The molecule has 1 aliphatic heterocycles. The summed E-state index contributed by atoms with van der Waals surface area (Å²) in [6, 6.07) is 8.76. The Kier molecular flexibility index (Phi) is 4.97. The lowest BCUT2D eigenvalue weighted by atomic mass is 9.90.